The van der Waals surface area contributed by atoms with Crippen LogP contribution in [0.25, 0.3) is 6.08 Å². The van der Waals surface area contributed by atoms with Crippen LogP contribution < -0.4 is 14.8 Å². The van der Waals surface area contributed by atoms with Crippen LogP contribution >= 0.6 is 15.9 Å². The fourth-order valence-corrected chi connectivity index (χ4v) is 3.24. The molecule has 0 heterocycles. The van der Waals surface area contributed by atoms with E-state index >= 15 is 0 Å². The standard InChI is InChI=1S/C25H18BrF3N2O3/c1-33-22-7-2-4-17(23(22)34-15-16-8-10-20(26)11-9-16)12-18(14-30)24(32)31-21-6-3-5-19(13-21)25(27,28)29/h2-13H,15H2,1H3,(H,31,32)/b18-12-. The van der Waals surface area contributed by atoms with E-state index in [4.69, 9.17) is 9.47 Å². The Morgan fingerprint density at radius 3 is 2.47 bits per heavy atom. The van der Waals surface area contributed by atoms with Crippen LogP contribution in [-0.4, -0.2) is 13.0 Å². The first kappa shape index (κ1) is 24.9. The largest absolute Gasteiger partial charge is 0.493 e. The molecule has 0 aliphatic heterocycles. The van der Waals surface area contributed by atoms with Crippen LogP contribution in [0.4, 0.5) is 18.9 Å². The summed E-state index contributed by atoms with van der Waals surface area (Å²) in [6, 6.07) is 18.4. The first-order chi connectivity index (χ1) is 16.2. The highest BCUT2D eigenvalue weighted by molar-refractivity contribution is 9.10. The van der Waals surface area contributed by atoms with Crippen LogP contribution in [0.5, 0.6) is 11.5 Å². The minimum Gasteiger partial charge on any atom is -0.493 e. The van der Waals surface area contributed by atoms with Gasteiger partial charge in [0.1, 0.15) is 18.2 Å². The molecule has 0 unspecified atom stereocenters. The van der Waals surface area contributed by atoms with Crippen molar-refractivity contribution in [2.24, 2.45) is 0 Å². The number of rotatable bonds is 7. The van der Waals surface area contributed by atoms with Crippen molar-refractivity contribution in [1.29, 1.82) is 5.26 Å². The highest BCUT2D eigenvalue weighted by Crippen LogP contribution is 2.34. The van der Waals surface area contributed by atoms with Gasteiger partial charge in [0.05, 0.1) is 12.7 Å². The summed E-state index contributed by atoms with van der Waals surface area (Å²) < 4.78 is 51.0. The van der Waals surface area contributed by atoms with E-state index in [-0.39, 0.29) is 17.9 Å². The molecule has 0 saturated carbocycles. The van der Waals surface area contributed by atoms with Gasteiger partial charge in [-0.1, -0.05) is 46.3 Å². The lowest BCUT2D eigenvalue weighted by Crippen LogP contribution is -2.14. The summed E-state index contributed by atoms with van der Waals surface area (Å²) >= 11 is 3.37. The van der Waals surface area contributed by atoms with E-state index < -0.39 is 17.6 Å². The molecule has 0 saturated heterocycles. The van der Waals surface area contributed by atoms with Crippen LogP contribution in [-0.2, 0) is 17.6 Å². The van der Waals surface area contributed by atoms with Crippen LogP contribution in [0.3, 0.4) is 0 Å². The van der Waals surface area contributed by atoms with Crippen molar-refractivity contribution in [2.75, 3.05) is 12.4 Å². The van der Waals surface area contributed by atoms with Crippen molar-refractivity contribution in [3.8, 4) is 17.6 Å². The third kappa shape index (κ3) is 6.39. The Kier molecular flexibility index (Phi) is 7.97. The van der Waals surface area contributed by atoms with E-state index in [1.165, 1.54) is 25.3 Å². The number of alkyl halides is 3. The predicted octanol–water partition coefficient (Wildman–Crippen LogP) is 6.60. The average molecular weight is 531 g/mol. The van der Waals surface area contributed by atoms with Gasteiger partial charge in [0.2, 0.25) is 0 Å². The van der Waals surface area contributed by atoms with Gasteiger partial charge >= 0.3 is 6.18 Å². The van der Waals surface area contributed by atoms with Gasteiger partial charge in [-0.25, -0.2) is 0 Å². The number of anilines is 1. The fourth-order valence-electron chi connectivity index (χ4n) is 2.97. The number of nitrogens with zero attached hydrogens (tertiary/aromatic N) is 1. The first-order valence-corrected chi connectivity index (χ1v) is 10.6. The Morgan fingerprint density at radius 1 is 1.12 bits per heavy atom. The SMILES string of the molecule is COc1cccc(/C=C(/C#N)C(=O)Nc2cccc(C(F)(F)F)c2)c1OCc1ccc(Br)cc1. The number of methoxy groups -OCH3 is 1. The van der Waals surface area contributed by atoms with E-state index in [1.54, 1.807) is 24.3 Å². The lowest BCUT2D eigenvalue weighted by molar-refractivity contribution is -0.137. The number of hydrogen-bond acceptors (Lipinski definition) is 4. The van der Waals surface area contributed by atoms with Crippen molar-refractivity contribution in [2.45, 2.75) is 12.8 Å². The Hall–Kier alpha value is -3.77. The van der Waals surface area contributed by atoms with Gasteiger partial charge in [-0.3, -0.25) is 4.79 Å². The molecule has 0 aliphatic carbocycles. The summed E-state index contributed by atoms with van der Waals surface area (Å²) in [6.07, 6.45) is -3.27. The Bertz CT molecular complexity index is 1250. The summed E-state index contributed by atoms with van der Waals surface area (Å²) in [5.74, 6) is -0.155. The van der Waals surface area contributed by atoms with Crippen LogP contribution in [0, 0.1) is 11.3 Å². The molecular formula is C25H18BrF3N2O3. The topological polar surface area (TPSA) is 71.3 Å². The molecule has 174 valence electrons. The second-order valence-corrected chi connectivity index (χ2v) is 7.91. The Morgan fingerprint density at radius 2 is 1.82 bits per heavy atom. The molecule has 3 rings (SSSR count). The third-order valence-electron chi connectivity index (χ3n) is 4.64. The highest BCUT2D eigenvalue weighted by Gasteiger charge is 2.30. The number of nitriles is 1. The summed E-state index contributed by atoms with van der Waals surface area (Å²) in [5, 5.41) is 11.9. The number of hydrogen-bond donors (Lipinski definition) is 1. The maximum Gasteiger partial charge on any atom is 0.416 e. The predicted molar refractivity (Wildman–Crippen MR) is 125 cm³/mol. The fraction of sp³-hybridized carbons (Fsp3) is 0.120. The molecule has 5 nitrogen and oxygen atoms in total. The Balaban J connectivity index is 1.87. The maximum absolute atomic E-state index is 12.9. The van der Waals surface area contributed by atoms with E-state index in [0.29, 0.717) is 17.1 Å². The summed E-state index contributed by atoms with van der Waals surface area (Å²) in [7, 11) is 1.46. The van der Waals surface area contributed by atoms with Gasteiger partial charge in [-0.05, 0) is 48.0 Å². The van der Waals surface area contributed by atoms with Gasteiger partial charge in [-0.15, -0.1) is 0 Å². The van der Waals surface area contributed by atoms with Crippen LogP contribution in [0.15, 0.2) is 76.8 Å². The molecule has 1 amide bonds. The highest BCUT2D eigenvalue weighted by atomic mass is 79.9. The summed E-state index contributed by atoms with van der Waals surface area (Å²) in [5.41, 5.74) is -0.0410. The van der Waals surface area contributed by atoms with E-state index in [2.05, 4.69) is 21.2 Å². The molecule has 3 aromatic carbocycles. The molecular weight excluding hydrogens is 513 g/mol. The van der Waals surface area contributed by atoms with Crippen molar-refractivity contribution >= 4 is 33.6 Å². The van der Waals surface area contributed by atoms with Crippen molar-refractivity contribution in [3.63, 3.8) is 0 Å². The molecule has 0 spiro atoms. The van der Waals surface area contributed by atoms with Gasteiger partial charge < -0.3 is 14.8 Å². The molecule has 0 radical (unpaired) electrons. The minimum absolute atomic E-state index is 0.0849. The monoisotopic (exact) mass is 530 g/mol. The van der Waals surface area contributed by atoms with Gasteiger partial charge in [0, 0.05) is 15.7 Å². The average Bonchev–Trinajstić information content (AvgIpc) is 2.82. The zero-order valence-corrected chi connectivity index (χ0v) is 19.4. The number of nitrogens with one attached hydrogen (secondary N) is 1. The second kappa shape index (κ2) is 10.9. The first-order valence-electron chi connectivity index (χ1n) is 9.86. The molecule has 0 atom stereocenters. The maximum atomic E-state index is 12.9. The lowest BCUT2D eigenvalue weighted by Gasteiger charge is -2.14. The lowest BCUT2D eigenvalue weighted by atomic mass is 10.1. The number of ether oxygens (including phenoxy) is 2. The number of carbonyl (C=O) groups is 1. The smallest absolute Gasteiger partial charge is 0.416 e. The molecule has 0 aliphatic rings. The Labute approximate surface area is 202 Å². The summed E-state index contributed by atoms with van der Waals surface area (Å²) in [4.78, 5) is 12.6. The van der Waals surface area contributed by atoms with Gasteiger partial charge in [0.25, 0.3) is 5.91 Å². The molecule has 0 fully saturated rings. The third-order valence-corrected chi connectivity index (χ3v) is 5.17. The number of carbonyl (C=O) groups excluding carboxylic acids is 1. The van der Waals surface area contributed by atoms with Crippen molar-refractivity contribution in [3.05, 3.63) is 93.5 Å². The second-order valence-electron chi connectivity index (χ2n) is 7.00. The van der Waals surface area contributed by atoms with Crippen LogP contribution in [0.1, 0.15) is 16.7 Å². The molecule has 0 aromatic heterocycles. The zero-order valence-electron chi connectivity index (χ0n) is 17.8. The summed E-state index contributed by atoms with van der Waals surface area (Å²) in [6.45, 7) is 0.201. The van der Waals surface area contributed by atoms with Gasteiger partial charge in [0.15, 0.2) is 11.5 Å². The molecule has 1 N–H and O–H groups in total. The quantitative estimate of drug-likeness (QED) is 0.276. The van der Waals surface area contributed by atoms with Crippen molar-refractivity contribution < 1.29 is 27.4 Å². The number of amides is 1. The number of para-hydroxylation sites is 1. The van der Waals surface area contributed by atoms with Crippen LogP contribution in [0.2, 0.25) is 0 Å². The van der Waals surface area contributed by atoms with E-state index in [1.807, 2.05) is 24.3 Å². The van der Waals surface area contributed by atoms with Crippen molar-refractivity contribution in [1.82, 2.24) is 0 Å². The zero-order chi connectivity index (χ0) is 24.7. The molecule has 9 heteroatoms. The van der Waals surface area contributed by atoms with E-state index in [0.717, 1.165) is 22.2 Å². The normalized spacial score (nSPS) is 11.5. The number of benzene rings is 3. The molecule has 34 heavy (non-hydrogen) atoms. The van der Waals surface area contributed by atoms with E-state index in [9.17, 15) is 23.2 Å². The molecule has 3 aromatic rings. The van der Waals surface area contributed by atoms with Gasteiger partial charge in [-0.2, -0.15) is 18.4 Å². The molecule has 0 bridgehead atoms. The minimum atomic E-state index is -4.56. The number of halogens is 4.